The normalized spacial score (nSPS) is 14.4. The molecule has 2 aromatic rings. The van der Waals surface area contributed by atoms with E-state index in [2.05, 4.69) is 21.4 Å². The number of anilines is 1. The van der Waals surface area contributed by atoms with Crippen molar-refractivity contribution < 1.29 is 18.0 Å². The summed E-state index contributed by atoms with van der Waals surface area (Å²) in [6.45, 7) is 3.24. The van der Waals surface area contributed by atoms with Crippen LogP contribution in [0.1, 0.15) is 45.8 Å². The predicted octanol–water partition coefficient (Wildman–Crippen LogP) is 2.40. The van der Waals surface area contributed by atoms with Crippen molar-refractivity contribution in [1.29, 1.82) is 5.26 Å². The topological polar surface area (TPSA) is 135 Å². The van der Waals surface area contributed by atoms with Crippen molar-refractivity contribution in [2.45, 2.75) is 25.7 Å². The molecule has 3 amide bonds. The second-order valence-corrected chi connectivity index (χ2v) is 10.9. The van der Waals surface area contributed by atoms with Crippen molar-refractivity contribution in [2.24, 2.45) is 0 Å². The quantitative estimate of drug-likeness (QED) is 0.467. The highest BCUT2D eigenvalue weighted by atomic mass is 32.2. The third-order valence-electron chi connectivity index (χ3n) is 6.20. The molecule has 1 aliphatic rings. The number of carbonyl (C=O) groups is 2. The summed E-state index contributed by atoms with van der Waals surface area (Å²) in [4.78, 5) is 27.2. The summed E-state index contributed by atoms with van der Waals surface area (Å²) in [6, 6.07) is 14.5. The summed E-state index contributed by atoms with van der Waals surface area (Å²) >= 11 is 0. The van der Waals surface area contributed by atoms with E-state index in [0.717, 1.165) is 22.7 Å². The van der Waals surface area contributed by atoms with Gasteiger partial charge in [0, 0.05) is 51.5 Å². The van der Waals surface area contributed by atoms with E-state index in [9.17, 15) is 18.0 Å². The molecule has 0 aromatic heterocycles. The minimum absolute atomic E-state index is 0.0455. The highest BCUT2D eigenvalue weighted by molar-refractivity contribution is 7.87. The first kappa shape index (κ1) is 27.1. The standard InChI is InChI=1S/C25H32N6O4S/c1-18-4-7-22(16-23(18)29-25(33)27-12-13-28-36(34,35)30(2)3)24(32)31-14-10-21(11-15-31)20-8-5-19(17-26)6-9-20/h4-9,16,21,28H,10-15H2,1-3H3,(H2,27,29,33). The predicted molar refractivity (Wildman–Crippen MR) is 138 cm³/mol. The Kier molecular flexibility index (Phi) is 9.03. The fraction of sp³-hybridized carbons (Fsp3) is 0.400. The number of rotatable bonds is 8. The first-order chi connectivity index (χ1) is 17.1. The maximum Gasteiger partial charge on any atom is 0.319 e. The van der Waals surface area contributed by atoms with E-state index in [1.54, 1.807) is 18.2 Å². The lowest BCUT2D eigenvalue weighted by molar-refractivity contribution is 0.0713. The summed E-state index contributed by atoms with van der Waals surface area (Å²) in [5, 5.41) is 14.3. The Hall–Kier alpha value is -3.46. The summed E-state index contributed by atoms with van der Waals surface area (Å²) < 4.78 is 26.8. The molecule has 10 nitrogen and oxygen atoms in total. The van der Waals surface area contributed by atoms with Crippen LogP contribution in [0.4, 0.5) is 10.5 Å². The summed E-state index contributed by atoms with van der Waals surface area (Å²) in [5.74, 6) is 0.262. The van der Waals surface area contributed by atoms with Gasteiger partial charge >= 0.3 is 6.03 Å². The fourth-order valence-electron chi connectivity index (χ4n) is 3.97. The largest absolute Gasteiger partial charge is 0.339 e. The van der Waals surface area contributed by atoms with E-state index in [4.69, 9.17) is 5.26 Å². The molecule has 1 fully saturated rings. The SMILES string of the molecule is Cc1ccc(C(=O)N2CCC(c3ccc(C#N)cc3)CC2)cc1NC(=O)NCCNS(=O)(=O)N(C)C. The highest BCUT2D eigenvalue weighted by Crippen LogP contribution is 2.29. The van der Waals surface area contributed by atoms with Gasteiger partial charge in [-0.15, -0.1) is 0 Å². The summed E-state index contributed by atoms with van der Waals surface area (Å²) in [5.41, 5.74) is 3.63. The van der Waals surface area contributed by atoms with Crippen LogP contribution in [0.2, 0.25) is 0 Å². The molecule has 3 rings (SSSR count). The van der Waals surface area contributed by atoms with Crippen molar-refractivity contribution in [1.82, 2.24) is 19.2 Å². The Bertz CT molecular complexity index is 1230. The lowest BCUT2D eigenvalue weighted by Crippen LogP contribution is -2.41. The van der Waals surface area contributed by atoms with Gasteiger partial charge < -0.3 is 15.5 Å². The van der Waals surface area contributed by atoms with Gasteiger partial charge in [-0.3, -0.25) is 4.79 Å². The lowest BCUT2D eigenvalue weighted by atomic mass is 9.89. The molecule has 1 aliphatic heterocycles. The molecule has 2 aromatic carbocycles. The molecule has 36 heavy (non-hydrogen) atoms. The van der Waals surface area contributed by atoms with Crippen molar-refractivity contribution in [2.75, 3.05) is 45.6 Å². The second kappa shape index (κ2) is 12.0. The molecular formula is C25H32N6O4S. The second-order valence-electron chi connectivity index (χ2n) is 8.89. The third kappa shape index (κ3) is 7.04. The van der Waals surface area contributed by atoms with Gasteiger partial charge in [-0.1, -0.05) is 18.2 Å². The number of carbonyl (C=O) groups excluding carboxylic acids is 2. The molecule has 0 spiro atoms. The Morgan fingerprint density at radius 2 is 1.75 bits per heavy atom. The number of amides is 3. The van der Waals surface area contributed by atoms with Gasteiger partial charge in [-0.25, -0.2) is 9.52 Å². The average molecular weight is 513 g/mol. The van der Waals surface area contributed by atoms with E-state index < -0.39 is 16.2 Å². The number of hydrogen-bond donors (Lipinski definition) is 3. The number of urea groups is 1. The maximum atomic E-state index is 13.1. The average Bonchev–Trinajstić information content (AvgIpc) is 2.87. The number of benzene rings is 2. The maximum absolute atomic E-state index is 13.1. The number of nitrogens with zero attached hydrogens (tertiary/aromatic N) is 3. The van der Waals surface area contributed by atoms with E-state index in [0.29, 0.717) is 35.8 Å². The van der Waals surface area contributed by atoms with E-state index in [1.165, 1.54) is 19.7 Å². The Balaban J connectivity index is 1.53. The van der Waals surface area contributed by atoms with Gasteiger partial charge in [0.1, 0.15) is 0 Å². The van der Waals surface area contributed by atoms with Gasteiger partial charge in [0.2, 0.25) is 0 Å². The monoisotopic (exact) mass is 512 g/mol. The minimum Gasteiger partial charge on any atom is -0.339 e. The number of likely N-dealkylation sites (tertiary alicyclic amines) is 1. The zero-order valence-electron chi connectivity index (χ0n) is 20.7. The van der Waals surface area contributed by atoms with E-state index >= 15 is 0 Å². The Morgan fingerprint density at radius 1 is 1.08 bits per heavy atom. The first-order valence-electron chi connectivity index (χ1n) is 11.7. The molecule has 0 atom stereocenters. The highest BCUT2D eigenvalue weighted by Gasteiger charge is 2.25. The van der Waals surface area contributed by atoms with Gasteiger partial charge in [0.15, 0.2) is 0 Å². The van der Waals surface area contributed by atoms with E-state index in [-0.39, 0.29) is 19.0 Å². The number of hydrogen-bond acceptors (Lipinski definition) is 5. The number of nitrogens with one attached hydrogen (secondary N) is 3. The number of piperidine rings is 1. The first-order valence-corrected chi connectivity index (χ1v) is 13.2. The van der Waals surface area contributed by atoms with Gasteiger partial charge in [0.25, 0.3) is 16.1 Å². The van der Waals surface area contributed by atoms with Crippen LogP contribution in [0, 0.1) is 18.3 Å². The zero-order chi connectivity index (χ0) is 26.3. The number of aryl methyl sites for hydroxylation is 1. The molecular weight excluding hydrogens is 480 g/mol. The molecule has 0 saturated carbocycles. The van der Waals surface area contributed by atoms with Gasteiger partial charge in [0.05, 0.1) is 11.6 Å². The molecule has 0 unspecified atom stereocenters. The molecule has 0 bridgehead atoms. The van der Waals surface area contributed by atoms with Crippen molar-refractivity contribution in [3.63, 3.8) is 0 Å². The van der Waals surface area contributed by atoms with Crippen LogP contribution in [0.3, 0.4) is 0 Å². The molecule has 192 valence electrons. The molecule has 1 heterocycles. The van der Waals surface area contributed by atoms with Crippen LogP contribution in [0.15, 0.2) is 42.5 Å². The van der Waals surface area contributed by atoms with Crippen LogP contribution in [0.25, 0.3) is 0 Å². The van der Waals surface area contributed by atoms with Gasteiger partial charge in [-0.05, 0) is 61.1 Å². The zero-order valence-corrected chi connectivity index (χ0v) is 21.6. The Labute approximate surface area is 212 Å². The molecule has 11 heteroatoms. The number of nitriles is 1. The van der Waals surface area contributed by atoms with Crippen LogP contribution in [0.5, 0.6) is 0 Å². The van der Waals surface area contributed by atoms with Crippen LogP contribution in [-0.2, 0) is 10.2 Å². The molecule has 0 aliphatic carbocycles. The molecule has 0 radical (unpaired) electrons. The smallest absolute Gasteiger partial charge is 0.319 e. The van der Waals surface area contributed by atoms with Crippen LogP contribution in [-0.4, -0.2) is 69.8 Å². The minimum atomic E-state index is -3.55. The summed E-state index contributed by atoms with van der Waals surface area (Å²) in [7, 11) is -0.724. The van der Waals surface area contributed by atoms with Crippen molar-refractivity contribution in [3.05, 3.63) is 64.7 Å². The Morgan fingerprint density at radius 3 is 2.36 bits per heavy atom. The third-order valence-corrected chi connectivity index (χ3v) is 7.73. The van der Waals surface area contributed by atoms with E-state index in [1.807, 2.05) is 36.1 Å². The summed E-state index contributed by atoms with van der Waals surface area (Å²) in [6.07, 6.45) is 1.68. The van der Waals surface area contributed by atoms with Crippen LogP contribution < -0.4 is 15.4 Å². The van der Waals surface area contributed by atoms with Gasteiger partial charge in [-0.2, -0.15) is 18.0 Å². The van der Waals surface area contributed by atoms with Crippen molar-refractivity contribution >= 4 is 27.8 Å². The molecule has 1 saturated heterocycles. The fourth-order valence-corrected chi connectivity index (χ4v) is 4.59. The van der Waals surface area contributed by atoms with Crippen molar-refractivity contribution in [3.8, 4) is 6.07 Å². The lowest BCUT2D eigenvalue weighted by Gasteiger charge is -2.32. The van der Waals surface area contributed by atoms with Crippen LogP contribution >= 0.6 is 0 Å². The molecule has 3 N–H and O–H groups in total.